The molecule has 0 atom stereocenters. The number of hydrogen-bond donors (Lipinski definition) is 0. The molecule has 1 saturated heterocycles. The molecule has 1 fully saturated rings. The summed E-state index contributed by atoms with van der Waals surface area (Å²) in [7, 11) is -3.71. The van der Waals surface area contributed by atoms with E-state index in [0.29, 0.717) is 32.0 Å². The predicted molar refractivity (Wildman–Crippen MR) is 109 cm³/mol. The third kappa shape index (κ3) is 3.27. The number of nitrogens with zero attached hydrogens (tertiary/aromatic N) is 4. The Balaban J connectivity index is 1.61. The van der Waals surface area contributed by atoms with Crippen LogP contribution in [0.5, 0.6) is 0 Å². The minimum Gasteiger partial charge on any atom is -0.353 e. The Morgan fingerprint density at radius 3 is 2.46 bits per heavy atom. The maximum absolute atomic E-state index is 13.5. The summed E-state index contributed by atoms with van der Waals surface area (Å²) in [6, 6.07) is 5.15. The third-order valence-electron chi connectivity index (χ3n) is 5.09. The maximum Gasteiger partial charge on any atom is 0.243 e. The van der Waals surface area contributed by atoms with Gasteiger partial charge in [0.05, 0.1) is 10.3 Å². The van der Waals surface area contributed by atoms with E-state index in [1.54, 1.807) is 11.3 Å². The van der Waals surface area contributed by atoms with Crippen molar-refractivity contribution in [3.05, 3.63) is 46.3 Å². The molecule has 0 saturated carbocycles. The third-order valence-corrected chi connectivity index (χ3v) is 8.09. The zero-order valence-electron chi connectivity index (χ0n) is 15.9. The number of aromatic nitrogens is 2. The number of thiophene rings is 1. The first-order chi connectivity index (χ1) is 13.3. The van der Waals surface area contributed by atoms with E-state index in [0.717, 1.165) is 22.1 Å². The number of rotatable bonds is 3. The number of piperazine rings is 1. The van der Waals surface area contributed by atoms with Crippen LogP contribution in [0.15, 0.2) is 29.2 Å². The Hall–Kier alpha value is -2.10. The topological polar surface area (TPSA) is 66.4 Å². The van der Waals surface area contributed by atoms with Gasteiger partial charge in [-0.3, -0.25) is 0 Å². The predicted octanol–water partition coefficient (Wildman–Crippen LogP) is 3.27. The Labute approximate surface area is 167 Å². The molecule has 0 unspecified atom stereocenters. The molecule has 148 valence electrons. The Kier molecular flexibility index (Phi) is 4.84. The number of fused-ring (bicyclic) bond motifs is 1. The summed E-state index contributed by atoms with van der Waals surface area (Å²) in [6.45, 7) is 7.71. The van der Waals surface area contributed by atoms with Crippen LogP contribution >= 0.6 is 11.3 Å². The Bertz CT molecular complexity index is 1150. The van der Waals surface area contributed by atoms with Crippen molar-refractivity contribution in [1.82, 2.24) is 14.3 Å². The fourth-order valence-corrected chi connectivity index (χ4v) is 6.00. The Morgan fingerprint density at radius 2 is 1.79 bits per heavy atom. The summed E-state index contributed by atoms with van der Waals surface area (Å²) in [4.78, 5) is 13.5. The van der Waals surface area contributed by atoms with Gasteiger partial charge in [0.15, 0.2) is 0 Å². The van der Waals surface area contributed by atoms with Crippen molar-refractivity contribution in [3.8, 4) is 0 Å². The molecular weight excluding hydrogens is 399 g/mol. The molecule has 0 amide bonds. The molecular formula is C19H21FN4O2S2. The fourth-order valence-electron chi connectivity index (χ4n) is 3.48. The van der Waals surface area contributed by atoms with Crippen molar-refractivity contribution in [3.63, 3.8) is 0 Å². The minimum atomic E-state index is -3.71. The van der Waals surface area contributed by atoms with E-state index in [4.69, 9.17) is 0 Å². The maximum atomic E-state index is 13.5. The molecule has 0 radical (unpaired) electrons. The van der Waals surface area contributed by atoms with Crippen LogP contribution < -0.4 is 4.90 Å². The van der Waals surface area contributed by atoms with Gasteiger partial charge in [0.25, 0.3) is 0 Å². The van der Waals surface area contributed by atoms with Crippen LogP contribution in [0.25, 0.3) is 10.2 Å². The molecule has 0 bridgehead atoms. The van der Waals surface area contributed by atoms with Gasteiger partial charge in [-0.05, 0) is 44.5 Å². The smallest absolute Gasteiger partial charge is 0.243 e. The summed E-state index contributed by atoms with van der Waals surface area (Å²) >= 11 is 1.65. The van der Waals surface area contributed by atoms with Crippen LogP contribution in [0, 0.1) is 26.6 Å². The second-order valence-electron chi connectivity index (χ2n) is 6.91. The van der Waals surface area contributed by atoms with Crippen LogP contribution in [0.1, 0.15) is 16.3 Å². The van der Waals surface area contributed by atoms with E-state index in [-0.39, 0.29) is 4.90 Å². The normalized spacial score (nSPS) is 16.1. The summed E-state index contributed by atoms with van der Waals surface area (Å²) in [6.07, 6.45) is 0. The van der Waals surface area contributed by atoms with E-state index in [9.17, 15) is 12.8 Å². The van der Waals surface area contributed by atoms with E-state index in [1.807, 2.05) is 6.92 Å². The highest BCUT2D eigenvalue weighted by Gasteiger charge is 2.30. The SMILES string of the molecule is Cc1nc(N2CCN(S(=O)(=O)c3cccc(F)c3)CC2)c2c(C)c(C)sc2n1. The van der Waals surface area contributed by atoms with Crippen molar-refractivity contribution in [1.29, 1.82) is 0 Å². The first-order valence-corrected chi connectivity index (χ1v) is 11.3. The molecule has 6 nitrogen and oxygen atoms in total. The molecule has 0 spiro atoms. The van der Waals surface area contributed by atoms with Gasteiger partial charge in [-0.1, -0.05) is 6.07 Å². The number of aryl methyl sites for hydroxylation is 3. The van der Waals surface area contributed by atoms with Crippen LogP contribution in [-0.2, 0) is 10.0 Å². The molecule has 2 aromatic heterocycles. The second-order valence-corrected chi connectivity index (χ2v) is 10.0. The quantitative estimate of drug-likeness (QED) is 0.651. The van der Waals surface area contributed by atoms with E-state index in [1.165, 1.54) is 32.9 Å². The van der Waals surface area contributed by atoms with E-state index >= 15 is 0 Å². The van der Waals surface area contributed by atoms with Gasteiger partial charge in [0.1, 0.15) is 22.3 Å². The fraction of sp³-hybridized carbons (Fsp3) is 0.368. The minimum absolute atomic E-state index is 0.00877. The molecule has 9 heteroatoms. The van der Waals surface area contributed by atoms with Gasteiger partial charge < -0.3 is 4.90 Å². The average molecular weight is 421 g/mol. The lowest BCUT2D eigenvalue weighted by atomic mass is 10.2. The van der Waals surface area contributed by atoms with Crippen molar-refractivity contribution >= 4 is 37.4 Å². The van der Waals surface area contributed by atoms with Gasteiger partial charge in [-0.15, -0.1) is 11.3 Å². The molecule has 1 aliphatic heterocycles. The number of halogens is 1. The van der Waals surface area contributed by atoms with Crippen molar-refractivity contribution in [2.75, 3.05) is 31.1 Å². The number of sulfonamides is 1. The van der Waals surface area contributed by atoms with Crippen molar-refractivity contribution in [2.45, 2.75) is 25.7 Å². The second kappa shape index (κ2) is 7.06. The van der Waals surface area contributed by atoms with Gasteiger partial charge in [-0.25, -0.2) is 22.8 Å². The molecule has 0 N–H and O–H groups in total. The Morgan fingerprint density at radius 1 is 1.07 bits per heavy atom. The lowest BCUT2D eigenvalue weighted by Gasteiger charge is -2.35. The monoisotopic (exact) mass is 420 g/mol. The summed E-state index contributed by atoms with van der Waals surface area (Å²) in [5.74, 6) is 1.02. The summed E-state index contributed by atoms with van der Waals surface area (Å²) < 4.78 is 40.5. The van der Waals surface area contributed by atoms with Gasteiger partial charge in [0.2, 0.25) is 10.0 Å². The van der Waals surface area contributed by atoms with Crippen LogP contribution in [0.4, 0.5) is 10.2 Å². The summed E-state index contributed by atoms with van der Waals surface area (Å²) in [5, 5.41) is 1.05. The zero-order valence-corrected chi connectivity index (χ0v) is 17.6. The molecule has 28 heavy (non-hydrogen) atoms. The summed E-state index contributed by atoms with van der Waals surface area (Å²) in [5.41, 5.74) is 1.17. The number of benzene rings is 1. The van der Waals surface area contributed by atoms with Gasteiger partial charge in [-0.2, -0.15) is 4.31 Å². The first kappa shape index (κ1) is 19.2. The van der Waals surface area contributed by atoms with Crippen LogP contribution in [-0.4, -0.2) is 48.9 Å². The van der Waals surface area contributed by atoms with Gasteiger partial charge in [0, 0.05) is 31.1 Å². The highest BCUT2D eigenvalue weighted by atomic mass is 32.2. The first-order valence-electron chi connectivity index (χ1n) is 9.02. The number of hydrogen-bond acceptors (Lipinski definition) is 6. The molecule has 1 aliphatic rings. The largest absolute Gasteiger partial charge is 0.353 e. The van der Waals surface area contributed by atoms with Crippen LogP contribution in [0.2, 0.25) is 0 Å². The standard InChI is InChI=1S/C19H21FN4O2S2/c1-12-13(2)27-19-17(12)18(21-14(3)22-19)23-7-9-24(10-8-23)28(25,26)16-6-4-5-15(20)11-16/h4-6,11H,7-10H2,1-3H3. The van der Waals surface area contributed by atoms with Crippen molar-refractivity contribution < 1.29 is 12.8 Å². The highest BCUT2D eigenvalue weighted by Crippen LogP contribution is 2.35. The molecule has 3 heterocycles. The lowest BCUT2D eigenvalue weighted by molar-refractivity contribution is 0.384. The average Bonchev–Trinajstić information content (AvgIpc) is 2.95. The van der Waals surface area contributed by atoms with Crippen molar-refractivity contribution in [2.24, 2.45) is 0 Å². The molecule has 0 aliphatic carbocycles. The van der Waals surface area contributed by atoms with Crippen LogP contribution in [0.3, 0.4) is 0 Å². The molecule has 3 aromatic rings. The zero-order chi connectivity index (χ0) is 20.1. The van der Waals surface area contributed by atoms with E-state index in [2.05, 4.69) is 28.7 Å². The highest BCUT2D eigenvalue weighted by molar-refractivity contribution is 7.89. The lowest BCUT2D eigenvalue weighted by Crippen LogP contribution is -2.49. The van der Waals surface area contributed by atoms with Gasteiger partial charge >= 0.3 is 0 Å². The molecule has 1 aromatic carbocycles. The van der Waals surface area contributed by atoms with E-state index < -0.39 is 15.8 Å². The molecule has 4 rings (SSSR count). The number of anilines is 1.